The quantitative estimate of drug-likeness (QED) is 0.417. The van der Waals surface area contributed by atoms with Crippen LogP contribution in [0.15, 0.2) is 47.4 Å². The van der Waals surface area contributed by atoms with Crippen molar-refractivity contribution in [2.24, 2.45) is 11.8 Å². The molecule has 2 aliphatic rings. The van der Waals surface area contributed by atoms with E-state index in [4.69, 9.17) is 9.47 Å². The lowest BCUT2D eigenvalue weighted by Crippen LogP contribution is -2.47. The zero-order valence-corrected chi connectivity index (χ0v) is 26.5. The van der Waals surface area contributed by atoms with Crippen molar-refractivity contribution in [3.05, 3.63) is 53.8 Å². The Labute approximate surface area is 255 Å². The van der Waals surface area contributed by atoms with Crippen LogP contribution in [0.2, 0.25) is 0 Å². The molecule has 9 nitrogen and oxygen atoms in total. The number of amides is 1. The lowest BCUT2D eigenvalue weighted by Gasteiger charge is -2.36. The number of hydrogen-bond donors (Lipinski definition) is 2. The van der Waals surface area contributed by atoms with E-state index < -0.39 is 21.9 Å². The molecule has 0 saturated heterocycles. The summed E-state index contributed by atoms with van der Waals surface area (Å²) < 4.78 is 54.6. The minimum Gasteiger partial charge on any atom is -0.490 e. The maximum absolute atomic E-state index is 14.2. The molecule has 0 radical (unpaired) electrons. The van der Waals surface area contributed by atoms with Crippen LogP contribution in [-0.4, -0.2) is 87.4 Å². The molecular weight excluding hydrogens is 573 g/mol. The highest BCUT2D eigenvalue weighted by molar-refractivity contribution is 7.92. The second kappa shape index (κ2) is 14.8. The summed E-state index contributed by atoms with van der Waals surface area (Å²) in [5.74, 6) is 0.140. The first kappa shape index (κ1) is 33.2. The molecule has 238 valence electrons. The normalized spacial score (nSPS) is 23.3. The van der Waals surface area contributed by atoms with Crippen LogP contribution in [-0.2, 0) is 14.8 Å². The number of aliphatic hydroxyl groups is 1. The first-order valence-corrected chi connectivity index (χ1v) is 16.8. The molecule has 0 aromatic heterocycles. The molecule has 4 rings (SSSR count). The molecule has 0 spiro atoms. The highest BCUT2D eigenvalue weighted by Crippen LogP contribution is 2.31. The monoisotopic (exact) mass is 619 g/mol. The molecular formula is C32H46FN3O6S. The number of nitrogens with zero attached hydrogens (tertiary/aromatic N) is 2. The summed E-state index contributed by atoms with van der Waals surface area (Å²) in [6.45, 7) is 8.29. The van der Waals surface area contributed by atoms with Crippen molar-refractivity contribution in [2.45, 2.75) is 76.0 Å². The molecule has 4 atom stereocenters. The van der Waals surface area contributed by atoms with E-state index in [9.17, 15) is 22.7 Å². The van der Waals surface area contributed by atoms with Crippen LogP contribution < -0.4 is 9.46 Å². The molecule has 11 heteroatoms. The SMILES string of the molecule is C[C@H](CO)N1C[C@H](C)[C@@H](CN(C)CC2CC2)OCCCC[C@H](C)Oc2ccc(NS(=O)(=O)c3ccc(F)cc3)cc2C1=O. The molecule has 2 aromatic carbocycles. The van der Waals surface area contributed by atoms with Crippen LogP contribution in [0.25, 0.3) is 0 Å². The minimum atomic E-state index is -4.04. The van der Waals surface area contributed by atoms with Crippen LogP contribution >= 0.6 is 0 Å². The summed E-state index contributed by atoms with van der Waals surface area (Å²) >= 11 is 0. The third kappa shape index (κ3) is 9.38. The highest BCUT2D eigenvalue weighted by atomic mass is 32.2. The zero-order chi connectivity index (χ0) is 31.1. The number of sulfonamides is 1. The number of likely N-dealkylation sites (N-methyl/N-ethyl adjacent to an activating group) is 1. The predicted molar refractivity (Wildman–Crippen MR) is 164 cm³/mol. The number of carbonyl (C=O) groups excluding carboxylic acids is 1. The molecule has 43 heavy (non-hydrogen) atoms. The highest BCUT2D eigenvalue weighted by Gasteiger charge is 2.31. The number of halogens is 1. The van der Waals surface area contributed by atoms with Gasteiger partial charge in [-0.25, -0.2) is 12.8 Å². The number of benzene rings is 2. The third-order valence-electron chi connectivity index (χ3n) is 8.19. The van der Waals surface area contributed by atoms with Crippen molar-refractivity contribution >= 4 is 21.6 Å². The first-order valence-electron chi connectivity index (χ1n) is 15.3. The molecule has 1 amide bonds. The van der Waals surface area contributed by atoms with Gasteiger partial charge in [-0.3, -0.25) is 9.52 Å². The standard InChI is InChI=1S/C32H46FN3O6S/c1-22-18-36(23(2)21-37)32(38)29-17-27(34-43(39,40)28-13-10-26(33)11-14-28)12-15-30(29)42-24(3)7-5-6-16-41-31(22)20-35(4)19-25-8-9-25/h10-15,17,22-25,31,34,37H,5-9,16,18-21H2,1-4H3/t22-,23+,24-,31+/m0/s1. The Morgan fingerprint density at radius 3 is 2.49 bits per heavy atom. The average Bonchev–Trinajstić information content (AvgIpc) is 3.78. The molecule has 1 heterocycles. The van der Waals surface area contributed by atoms with E-state index in [1.165, 1.54) is 31.0 Å². The Hall–Kier alpha value is -2.73. The van der Waals surface area contributed by atoms with Gasteiger partial charge in [-0.05, 0) is 101 Å². The minimum absolute atomic E-state index is 0.0361. The molecule has 0 bridgehead atoms. The summed E-state index contributed by atoms with van der Waals surface area (Å²) in [5.41, 5.74) is 0.361. The van der Waals surface area contributed by atoms with E-state index in [-0.39, 0.29) is 46.8 Å². The van der Waals surface area contributed by atoms with E-state index in [1.54, 1.807) is 24.0 Å². The van der Waals surface area contributed by atoms with Gasteiger partial charge in [0.15, 0.2) is 0 Å². The van der Waals surface area contributed by atoms with Crippen molar-refractivity contribution < 1.29 is 32.2 Å². The van der Waals surface area contributed by atoms with E-state index in [0.717, 1.165) is 50.4 Å². The molecule has 2 N–H and O–H groups in total. The van der Waals surface area contributed by atoms with Crippen LogP contribution in [0.1, 0.15) is 63.2 Å². The Kier molecular flexibility index (Phi) is 11.4. The maximum atomic E-state index is 14.2. The predicted octanol–water partition coefficient (Wildman–Crippen LogP) is 4.76. The summed E-state index contributed by atoms with van der Waals surface area (Å²) in [6, 6.07) is 8.62. The molecule has 0 unspecified atom stereocenters. The van der Waals surface area contributed by atoms with Crippen molar-refractivity contribution in [3.63, 3.8) is 0 Å². The summed E-state index contributed by atoms with van der Waals surface area (Å²) in [5, 5.41) is 10.1. The number of anilines is 1. The molecule has 1 fully saturated rings. The second-order valence-electron chi connectivity index (χ2n) is 12.2. The van der Waals surface area contributed by atoms with Gasteiger partial charge in [0, 0.05) is 37.8 Å². The largest absolute Gasteiger partial charge is 0.490 e. The van der Waals surface area contributed by atoms with E-state index in [2.05, 4.69) is 23.6 Å². The Bertz CT molecular complexity index is 1320. The van der Waals surface area contributed by atoms with E-state index >= 15 is 0 Å². The van der Waals surface area contributed by atoms with Gasteiger partial charge in [0.2, 0.25) is 0 Å². The fraction of sp³-hybridized carbons (Fsp3) is 0.594. The van der Waals surface area contributed by atoms with Gasteiger partial charge >= 0.3 is 0 Å². The van der Waals surface area contributed by atoms with Crippen LogP contribution in [0.3, 0.4) is 0 Å². The van der Waals surface area contributed by atoms with Crippen molar-refractivity contribution in [2.75, 3.05) is 44.6 Å². The summed E-state index contributed by atoms with van der Waals surface area (Å²) in [4.78, 5) is 18.1. The maximum Gasteiger partial charge on any atom is 0.261 e. The fourth-order valence-electron chi connectivity index (χ4n) is 5.40. The van der Waals surface area contributed by atoms with Gasteiger partial charge in [-0.15, -0.1) is 0 Å². The van der Waals surface area contributed by atoms with Crippen LogP contribution in [0, 0.1) is 17.7 Å². The topological polar surface area (TPSA) is 108 Å². The second-order valence-corrected chi connectivity index (χ2v) is 13.9. The first-order chi connectivity index (χ1) is 20.5. The van der Waals surface area contributed by atoms with Gasteiger partial charge < -0.3 is 24.4 Å². The van der Waals surface area contributed by atoms with E-state index in [1.807, 2.05) is 6.92 Å². The molecule has 2 aromatic rings. The van der Waals surface area contributed by atoms with E-state index in [0.29, 0.717) is 18.9 Å². The number of hydrogen-bond acceptors (Lipinski definition) is 7. The third-order valence-corrected chi connectivity index (χ3v) is 9.58. The van der Waals surface area contributed by atoms with Crippen LogP contribution in [0.5, 0.6) is 5.75 Å². The van der Waals surface area contributed by atoms with Gasteiger partial charge in [-0.2, -0.15) is 0 Å². The Balaban J connectivity index is 1.65. The number of rotatable bonds is 9. The smallest absolute Gasteiger partial charge is 0.261 e. The van der Waals surface area contributed by atoms with Crippen molar-refractivity contribution in [3.8, 4) is 5.75 Å². The number of ether oxygens (including phenoxy) is 2. The van der Waals surface area contributed by atoms with Crippen molar-refractivity contribution in [1.82, 2.24) is 9.80 Å². The van der Waals surface area contributed by atoms with Gasteiger partial charge in [-0.1, -0.05) is 6.92 Å². The van der Waals surface area contributed by atoms with Crippen molar-refractivity contribution in [1.29, 1.82) is 0 Å². The molecule has 1 aliphatic heterocycles. The Morgan fingerprint density at radius 2 is 1.81 bits per heavy atom. The molecule has 1 saturated carbocycles. The fourth-order valence-corrected chi connectivity index (χ4v) is 6.45. The van der Waals surface area contributed by atoms with Gasteiger partial charge in [0.05, 0.1) is 35.3 Å². The lowest BCUT2D eigenvalue weighted by molar-refractivity contribution is -0.0172. The number of aliphatic hydroxyl groups excluding tert-OH is 1. The number of carbonyl (C=O) groups is 1. The average molecular weight is 620 g/mol. The van der Waals surface area contributed by atoms with Crippen LogP contribution in [0.4, 0.5) is 10.1 Å². The zero-order valence-electron chi connectivity index (χ0n) is 25.7. The number of nitrogens with one attached hydrogen (secondary N) is 1. The summed E-state index contributed by atoms with van der Waals surface area (Å²) in [6.07, 6.45) is 4.78. The van der Waals surface area contributed by atoms with Gasteiger partial charge in [0.1, 0.15) is 11.6 Å². The molecule has 1 aliphatic carbocycles. The number of fused-ring (bicyclic) bond motifs is 1. The lowest BCUT2D eigenvalue weighted by atomic mass is 10.0. The Morgan fingerprint density at radius 1 is 1.09 bits per heavy atom. The summed E-state index contributed by atoms with van der Waals surface area (Å²) in [7, 11) is -1.93. The van der Waals surface area contributed by atoms with Gasteiger partial charge in [0.25, 0.3) is 15.9 Å².